The standard InChI is InChI=1S/C22H26N4O2S2/c1-4-28-22(27)19-15(2)18-20(26-12-10-25(3)11-13-26)23-17(24-21(18)30-19)14-29-16-8-6-5-7-9-16/h5-9H,4,10-14H2,1-3H3. The van der Waals surface area contributed by atoms with E-state index in [0.717, 1.165) is 53.6 Å². The SMILES string of the molecule is CCOC(=O)c1sc2nc(CSc3ccccc3)nc(N3CCN(C)CC3)c2c1C. The number of benzene rings is 1. The molecule has 4 rings (SSSR count). The van der Waals surface area contributed by atoms with Crippen LogP contribution in [0.25, 0.3) is 10.2 Å². The molecule has 1 aliphatic heterocycles. The van der Waals surface area contributed by atoms with Crippen molar-refractivity contribution < 1.29 is 9.53 Å². The van der Waals surface area contributed by atoms with Crippen LogP contribution in [0.15, 0.2) is 35.2 Å². The molecule has 6 nitrogen and oxygen atoms in total. The fourth-order valence-electron chi connectivity index (χ4n) is 3.53. The molecule has 2 aromatic heterocycles. The van der Waals surface area contributed by atoms with Gasteiger partial charge in [0.15, 0.2) is 0 Å². The maximum Gasteiger partial charge on any atom is 0.348 e. The molecular weight excluding hydrogens is 416 g/mol. The van der Waals surface area contributed by atoms with E-state index in [9.17, 15) is 4.79 Å². The Kier molecular flexibility index (Phi) is 6.55. The molecule has 1 aromatic carbocycles. The van der Waals surface area contributed by atoms with E-state index in [1.165, 1.54) is 16.2 Å². The van der Waals surface area contributed by atoms with Crippen molar-refractivity contribution in [3.8, 4) is 0 Å². The molecule has 0 aliphatic carbocycles. The summed E-state index contributed by atoms with van der Waals surface area (Å²) < 4.78 is 5.27. The molecule has 158 valence electrons. The summed E-state index contributed by atoms with van der Waals surface area (Å²) in [5.74, 6) is 2.15. The van der Waals surface area contributed by atoms with E-state index in [4.69, 9.17) is 14.7 Å². The highest BCUT2D eigenvalue weighted by molar-refractivity contribution is 7.98. The van der Waals surface area contributed by atoms with Crippen molar-refractivity contribution in [3.05, 3.63) is 46.6 Å². The second kappa shape index (κ2) is 9.32. The van der Waals surface area contributed by atoms with Gasteiger partial charge in [0.2, 0.25) is 0 Å². The molecule has 8 heteroatoms. The van der Waals surface area contributed by atoms with E-state index in [1.54, 1.807) is 11.8 Å². The van der Waals surface area contributed by atoms with Crippen LogP contribution in [0.2, 0.25) is 0 Å². The maximum absolute atomic E-state index is 12.5. The average Bonchev–Trinajstić information content (AvgIpc) is 3.10. The Labute approximate surface area is 185 Å². The number of thiophene rings is 1. The summed E-state index contributed by atoms with van der Waals surface area (Å²) in [6.45, 7) is 7.99. The summed E-state index contributed by atoms with van der Waals surface area (Å²) >= 11 is 3.14. The quantitative estimate of drug-likeness (QED) is 0.418. The molecule has 1 saturated heterocycles. The molecule has 0 amide bonds. The van der Waals surface area contributed by atoms with Crippen LogP contribution in [0, 0.1) is 6.92 Å². The molecule has 0 radical (unpaired) electrons. The van der Waals surface area contributed by atoms with E-state index in [-0.39, 0.29) is 5.97 Å². The van der Waals surface area contributed by atoms with Gasteiger partial charge in [-0.2, -0.15) is 0 Å². The number of hydrogen-bond acceptors (Lipinski definition) is 8. The Hall–Kier alpha value is -2.16. The first-order valence-corrected chi connectivity index (χ1v) is 12.0. The lowest BCUT2D eigenvalue weighted by atomic mass is 10.2. The maximum atomic E-state index is 12.5. The van der Waals surface area contributed by atoms with Crippen molar-refractivity contribution >= 4 is 45.1 Å². The second-order valence-corrected chi connectivity index (χ2v) is 9.36. The van der Waals surface area contributed by atoms with Crippen LogP contribution < -0.4 is 4.90 Å². The number of nitrogens with zero attached hydrogens (tertiary/aromatic N) is 4. The van der Waals surface area contributed by atoms with Gasteiger partial charge in [-0.3, -0.25) is 0 Å². The minimum Gasteiger partial charge on any atom is -0.462 e. The van der Waals surface area contributed by atoms with E-state index >= 15 is 0 Å². The third-order valence-corrected chi connectivity index (χ3v) is 7.37. The van der Waals surface area contributed by atoms with Gasteiger partial charge in [-0.15, -0.1) is 23.1 Å². The molecule has 0 bridgehead atoms. The zero-order chi connectivity index (χ0) is 21.1. The zero-order valence-corrected chi connectivity index (χ0v) is 19.2. The fourth-order valence-corrected chi connectivity index (χ4v) is 5.39. The van der Waals surface area contributed by atoms with Crippen molar-refractivity contribution in [1.82, 2.24) is 14.9 Å². The number of hydrogen-bond donors (Lipinski definition) is 0. The number of fused-ring (bicyclic) bond motifs is 1. The predicted octanol–water partition coefficient (Wildman–Crippen LogP) is 4.22. The number of thioether (sulfide) groups is 1. The van der Waals surface area contributed by atoms with Crippen LogP contribution in [0.3, 0.4) is 0 Å². The van der Waals surface area contributed by atoms with Crippen molar-refractivity contribution in [2.75, 3.05) is 44.7 Å². The monoisotopic (exact) mass is 442 g/mol. The van der Waals surface area contributed by atoms with Gasteiger partial charge in [-0.1, -0.05) is 18.2 Å². The first-order chi connectivity index (χ1) is 14.6. The largest absolute Gasteiger partial charge is 0.462 e. The Bertz CT molecular complexity index is 1030. The number of rotatable bonds is 6. The number of aromatic nitrogens is 2. The molecule has 3 aromatic rings. The summed E-state index contributed by atoms with van der Waals surface area (Å²) in [6.07, 6.45) is 0. The summed E-state index contributed by atoms with van der Waals surface area (Å²) in [7, 11) is 2.14. The van der Waals surface area contributed by atoms with Crippen LogP contribution in [0.5, 0.6) is 0 Å². The van der Waals surface area contributed by atoms with Crippen LogP contribution in [-0.4, -0.2) is 60.7 Å². The smallest absolute Gasteiger partial charge is 0.348 e. The summed E-state index contributed by atoms with van der Waals surface area (Å²) in [5, 5.41) is 0.987. The topological polar surface area (TPSA) is 58.6 Å². The highest BCUT2D eigenvalue weighted by Crippen LogP contribution is 2.37. The van der Waals surface area contributed by atoms with E-state index < -0.39 is 0 Å². The third-order valence-electron chi connectivity index (χ3n) is 5.19. The van der Waals surface area contributed by atoms with Gasteiger partial charge >= 0.3 is 5.97 Å². The Morgan fingerprint density at radius 3 is 2.60 bits per heavy atom. The number of carbonyl (C=O) groups is 1. The lowest BCUT2D eigenvalue weighted by Crippen LogP contribution is -2.45. The molecule has 30 heavy (non-hydrogen) atoms. The molecule has 3 heterocycles. The van der Waals surface area contributed by atoms with Gasteiger partial charge in [0.1, 0.15) is 21.3 Å². The van der Waals surface area contributed by atoms with Gasteiger partial charge in [-0.05, 0) is 38.6 Å². The van der Waals surface area contributed by atoms with E-state index in [2.05, 4.69) is 29.0 Å². The van der Waals surface area contributed by atoms with Gasteiger partial charge < -0.3 is 14.5 Å². The molecular formula is C22H26N4O2S2. The molecule has 0 saturated carbocycles. The van der Waals surface area contributed by atoms with Crippen LogP contribution >= 0.6 is 23.1 Å². The summed E-state index contributed by atoms with van der Waals surface area (Å²) in [5.41, 5.74) is 0.921. The summed E-state index contributed by atoms with van der Waals surface area (Å²) in [4.78, 5) is 29.6. The number of ether oxygens (including phenoxy) is 1. The van der Waals surface area contributed by atoms with Gasteiger partial charge in [-0.25, -0.2) is 14.8 Å². The highest BCUT2D eigenvalue weighted by atomic mass is 32.2. The summed E-state index contributed by atoms with van der Waals surface area (Å²) in [6, 6.07) is 10.3. The molecule has 0 spiro atoms. The molecule has 0 N–H and O–H groups in total. The lowest BCUT2D eigenvalue weighted by molar-refractivity contribution is 0.0531. The second-order valence-electron chi connectivity index (χ2n) is 7.31. The molecule has 1 aliphatic rings. The number of aryl methyl sites for hydroxylation is 1. The predicted molar refractivity (Wildman–Crippen MR) is 124 cm³/mol. The van der Waals surface area contributed by atoms with Crippen LogP contribution in [0.1, 0.15) is 28.0 Å². The van der Waals surface area contributed by atoms with Crippen LogP contribution in [0.4, 0.5) is 5.82 Å². The average molecular weight is 443 g/mol. The van der Waals surface area contributed by atoms with Gasteiger partial charge in [0, 0.05) is 31.1 Å². The van der Waals surface area contributed by atoms with Gasteiger partial charge in [0.25, 0.3) is 0 Å². The first-order valence-electron chi connectivity index (χ1n) is 10.1. The van der Waals surface area contributed by atoms with Crippen molar-refractivity contribution in [2.45, 2.75) is 24.5 Å². The molecule has 0 atom stereocenters. The highest BCUT2D eigenvalue weighted by Gasteiger charge is 2.25. The van der Waals surface area contributed by atoms with E-state index in [0.29, 0.717) is 17.2 Å². The lowest BCUT2D eigenvalue weighted by Gasteiger charge is -2.33. The van der Waals surface area contributed by atoms with Crippen molar-refractivity contribution in [2.24, 2.45) is 0 Å². The number of piperazine rings is 1. The van der Waals surface area contributed by atoms with Gasteiger partial charge in [0.05, 0.1) is 17.7 Å². The number of esters is 1. The Morgan fingerprint density at radius 1 is 1.17 bits per heavy atom. The number of likely N-dealkylation sites (N-methyl/N-ethyl adjacent to an activating group) is 1. The minimum absolute atomic E-state index is 0.275. The molecule has 0 unspecified atom stereocenters. The van der Waals surface area contributed by atoms with E-state index in [1.807, 2.05) is 32.0 Å². The van der Waals surface area contributed by atoms with Crippen molar-refractivity contribution in [1.29, 1.82) is 0 Å². The van der Waals surface area contributed by atoms with Crippen molar-refractivity contribution in [3.63, 3.8) is 0 Å². The Morgan fingerprint density at radius 2 is 1.90 bits per heavy atom. The molecule has 1 fully saturated rings. The number of anilines is 1. The number of carbonyl (C=O) groups excluding carboxylic acids is 1. The third kappa shape index (κ3) is 4.45. The first kappa shape index (κ1) is 21.1. The minimum atomic E-state index is -0.275. The van der Waals surface area contributed by atoms with Crippen LogP contribution in [-0.2, 0) is 10.5 Å². The Balaban J connectivity index is 1.73. The fraction of sp³-hybridized carbons (Fsp3) is 0.409. The zero-order valence-electron chi connectivity index (χ0n) is 17.6. The normalized spacial score (nSPS) is 15.0.